The molecule has 0 atom stereocenters. The Kier molecular flexibility index (Phi) is 4.47. The van der Waals surface area contributed by atoms with Crippen LogP contribution in [0.25, 0.3) is 0 Å². The van der Waals surface area contributed by atoms with Crippen molar-refractivity contribution in [1.29, 1.82) is 0 Å². The molecule has 4 nitrogen and oxygen atoms in total. The Hall–Kier alpha value is -0.980. The fourth-order valence-corrected chi connectivity index (χ4v) is 2.77. The van der Waals surface area contributed by atoms with Gasteiger partial charge in [-0.3, -0.25) is 0 Å². The summed E-state index contributed by atoms with van der Waals surface area (Å²) in [4.78, 5) is 11.0. The molecule has 0 unspecified atom stereocenters. The molecule has 0 spiro atoms. The lowest BCUT2D eigenvalue weighted by atomic mass is 10.4. The summed E-state index contributed by atoms with van der Waals surface area (Å²) in [6.07, 6.45) is 0. The monoisotopic (exact) mass is 268 g/mol. The van der Waals surface area contributed by atoms with Gasteiger partial charge in [-0.1, -0.05) is 6.92 Å². The molecule has 92 valence electrons. The molecule has 0 radical (unpaired) electrons. The van der Waals surface area contributed by atoms with E-state index in [-0.39, 0.29) is 0 Å². The Morgan fingerprint density at radius 2 is 2.24 bits per heavy atom. The molecule has 0 saturated carbocycles. The van der Waals surface area contributed by atoms with Crippen LogP contribution < -0.4 is 10.2 Å². The second-order valence-corrected chi connectivity index (χ2v) is 5.29. The van der Waals surface area contributed by atoms with Gasteiger partial charge >= 0.3 is 0 Å². The molecule has 0 aliphatic rings. The highest BCUT2D eigenvalue weighted by Gasteiger charge is 2.08. The van der Waals surface area contributed by atoms with Crippen molar-refractivity contribution in [3.63, 3.8) is 0 Å². The summed E-state index contributed by atoms with van der Waals surface area (Å²) in [5.41, 5.74) is 4.07. The number of aromatic nitrogens is 2. The summed E-state index contributed by atoms with van der Waals surface area (Å²) in [7, 11) is 2.05. The Labute approximate surface area is 109 Å². The molecule has 0 amide bonds. The van der Waals surface area contributed by atoms with E-state index in [9.17, 15) is 0 Å². The third-order valence-electron chi connectivity index (χ3n) is 2.30. The molecule has 0 aliphatic heterocycles. The molecule has 2 aromatic rings. The zero-order valence-electron chi connectivity index (χ0n) is 10.0. The van der Waals surface area contributed by atoms with E-state index >= 15 is 0 Å². The van der Waals surface area contributed by atoms with Crippen molar-refractivity contribution in [2.75, 3.05) is 18.5 Å². The maximum Gasteiger partial charge on any atom is 0.185 e. The minimum absolute atomic E-state index is 0.817. The Balaban J connectivity index is 1.94. The number of nitrogens with zero attached hydrogens (tertiary/aromatic N) is 3. The van der Waals surface area contributed by atoms with Gasteiger partial charge in [-0.15, -0.1) is 22.7 Å². The van der Waals surface area contributed by atoms with Crippen LogP contribution in [0.15, 0.2) is 16.3 Å². The summed E-state index contributed by atoms with van der Waals surface area (Å²) >= 11 is 3.31. The van der Waals surface area contributed by atoms with Crippen molar-refractivity contribution in [2.24, 2.45) is 0 Å². The van der Waals surface area contributed by atoms with Gasteiger partial charge in [0.1, 0.15) is 0 Å². The SMILES string of the molecule is CCNCc1csc(N(C)Cc2cscn2)n1. The first-order chi connectivity index (χ1) is 8.29. The molecule has 17 heavy (non-hydrogen) atoms. The molecule has 1 N–H and O–H groups in total. The van der Waals surface area contributed by atoms with E-state index in [1.54, 1.807) is 22.7 Å². The predicted molar refractivity (Wildman–Crippen MR) is 73.7 cm³/mol. The van der Waals surface area contributed by atoms with Gasteiger partial charge in [0.15, 0.2) is 5.13 Å². The Bertz CT molecular complexity index is 438. The first-order valence-electron chi connectivity index (χ1n) is 5.53. The number of hydrogen-bond acceptors (Lipinski definition) is 6. The molecule has 2 heterocycles. The first-order valence-corrected chi connectivity index (χ1v) is 7.35. The summed E-state index contributed by atoms with van der Waals surface area (Å²) in [5.74, 6) is 0. The number of thiazole rings is 2. The topological polar surface area (TPSA) is 41.0 Å². The van der Waals surface area contributed by atoms with E-state index in [0.29, 0.717) is 0 Å². The quantitative estimate of drug-likeness (QED) is 0.873. The van der Waals surface area contributed by atoms with Gasteiger partial charge in [0.05, 0.1) is 23.4 Å². The fraction of sp³-hybridized carbons (Fsp3) is 0.455. The van der Waals surface area contributed by atoms with Gasteiger partial charge in [-0.05, 0) is 6.54 Å². The summed E-state index contributed by atoms with van der Waals surface area (Å²) in [6.45, 7) is 4.73. The van der Waals surface area contributed by atoms with Gasteiger partial charge in [-0.2, -0.15) is 0 Å². The molecule has 0 aromatic carbocycles. The van der Waals surface area contributed by atoms with Crippen molar-refractivity contribution in [3.8, 4) is 0 Å². The molecule has 6 heteroatoms. The standard InChI is InChI=1S/C11H16N4S2/c1-3-12-4-9-7-17-11(14-9)15(2)5-10-6-16-8-13-10/h6-8,12H,3-5H2,1-2H3. The molecule has 2 rings (SSSR count). The molecule has 2 aromatic heterocycles. The largest absolute Gasteiger partial charge is 0.345 e. The maximum atomic E-state index is 4.59. The van der Waals surface area contributed by atoms with Crippen LogP contribution in [0.5, 0.6) is 0 Å². The highest BCUT2D eigenvalue weighted by Crippen LogP contribution is 2.20. The Morgan fingerprint density at radius 1 is 1.35 bits per heavy atom. The third kappa shape index (κ3) is 3.49. The van der Waals surface area contributed by atoms with Crippen molar-refractivity contribution in [1.82, 2.24) is 15.3 Å². The minimum atomic E-state index is 0.817. The second-order valence-electron chi connectivity index (χ2n) is 3.74. The van der Waals surface area contributed by atoms with Crippen molar-refractivity contribution >= 4 is 27.8 Å². The van der Waals surface area contributed by atoms with Gasteiger partial charge in [0, 0.05) is 24.4 Å². The molecule has 0 bridgehead atoms. The average Bonchev–Trinajstić information content (AvgIpc) is 2.96. The number of hydrogen-bond donors (Lipinski definition) is 1. The van der Waals surface area contributed by atoms with Crippen LogP contribution in [0.3, 0.4) is 0 Å². The second kappa shape index (κ2) is 6.09. The van der Waals surface area contributed by atoms with E-state index in [1.165, 1.54) is 0 Å². The zero-order chi connectivity index (χ0) is 12.1. The average molecular weight is 268 g/mol. The third-order valence-corrected chi connectivity index (χ3v) is 3.94. The molecular weight excluding hydrogens is 252 g/mol. The molecule has 0 aliphatic carbocycles. The highest BCUT2D eigenvalue weighted by molar-refractivity contribution is 7.13. The summed E-state index contributed by atoms with van der Waals surface area (Å²) in [6, 6.07) is 0. The molecule has 0 fully saturated rings. The lowest BCUT2D eigenvalue weighted by molar-refractivity contribution is 0.713. The van der Waals surface area contributed by atoms with Crippen molar-refractivity contribution in [3.05, 3.63) is 27.7 Å². The van der Waals surface area contributed by atoms with Crippen LogP contribution in [0.1, 0.15) is 18.3 Å². The molecule has 0 saturated heterocycles. The highest BCUT2D eigenvalue weighted by atomic mass is 32.1. The molecular formula is C11H16N4S2. The van der Waals surface area contributed by atoms with Gasteiger partial charge in [0.25, 0.3) is 0 Å². The minimum Gasteiger partial charge on any atom is -0.345 e. The lowest BCUT2D eigenvalue weighted by Gasteiger charge is -2.13. The van der Waals surface area contributed by atoms with Crippen LogP contribution in [0.2, 0.25) is 0 Å². The number of anilines is 1. The fourth-order valence-electron chi connectivity index (χ4n) is 1.43. The van der Waals surface area contributed by atoms with Crippen LogP contribution in [0, 0.1) is 0 Å². The maximum absolute atomic E-state index is 4.59. The van der Waals surface area contributed by atoms with Crippen LogP contribution >= 0.6 is 22.7 Å². The van der Waals surface area contributed by atoms with Crippen LogP contribution in [-0.4, -0.2) is 23.6 Å². The number of rotatable bonds is 6. The van der Waals surface area contributed by atoms with E-state index in [1.807, 2.05) is 5.51 Å². The first kappa shape index (κ1) is 12.5. The van der Waals surface area contributed by atoms with Gasteiger partial charge < -0.3 is 10.2 Å². The van der Waals surface area contributed by atoms with Crippen LogP contribution in [0.4, 0.5) is 5.13 Å². The van der Waals surface area contributed by atoms with E-state index < -0.39 is 0 Å². The van der Waals surface area contributed by atoms with E-state index in [2.05, 4.69) is 44.9 Å². The smallest absolute Gasteiger partial charge is 0.185 e. The predicted octanol–water partition coefficient (Wildman–Crippen LogP) is 2.35. The summed E-state index contributed by atoms with van der Waals surface area (Å²) in [5, 5.41) is 8.50. The van der Waals surface area contributed by atoms with E-state index in [0.717, 1.165) is 36.2 Å². The van der Waals surface area contributed by atoms with Crippen LogP contribution in [-0.2, 0) is 13.1 Å². The zero-order valence-corrected chi connectivity index (χ0v) is 11.6. The van der Waals surface area contributed by atoms with Gasteiger partial charge in [0.2, 0.25) is 0 Å². The van der Waals surface area contributed by atoms with Crippen molar-refractivity contribution < 1.29 is 0 Å². The van der Waals surface area contributed by atoms with E-state index in [4.69, 9.17) is 0 Å². The normalized spacial score (nSPS) is 10.7. The van der Waals surface area contributed by atoms with Gasteiger partial charge in [-0.25, -0.2) is 9.97 Å². The number of nitrogens with one attached hydrogen (secondary N) is 1. The van der Waals surface area contributed by atoms with Crippen molar-refractivity contribution in [2.45, 2.75) is 20.0 Å². The Morgan fingerprint density at radius 3 is 2.94 bits per heavy atom. The lowest BCUT2D eigenvalue weighted by Crippen LogP contribution is -2.17. The summed E-state index contributed by atoms with van der Waals surface area (Å²) < 4.78 is 0.